The Kier molecular flexibility index (Phi) is 8.87. The van der Waals surface area contributed by atoms with E-state index in [1.165, 1.54) is 17.0 Å². The Morgan fingerprint density at radius 2 is 1.93 bits per heavy atom. The summed E-state index contributed by atoms with van der Waals surface area (Å²) in [5.41, 5.74) is 0.794. The van der Waals surface area contributed by atoms with Gasteiger partial charge in [-0.05, 0) is 43.4 Å². The molecule has 0 unspecified atom stereocenters. The van der Waals surface area contributed by atoms with Crippen molar-refractivity contribution in [2.24, 2.45) is 0 Å². The lowest BCUT2D eigenvalue weighted by molar-refractivity contribution is -0.148. The average molecular weight is 394 g/mol. The van der Waals surface area contributed by atoms with Gasteiger partial charge in [0.2, 0.25) is 11.8 Å². The summed E-state index contributed by atoms with van der Waals surface area (Å²) in [6, 6.07) is 5.22. The number of nitrogens with one attached hydrogen (secondary N) is 1. The van der Waals surface area contributed by atoms with Gasteiger partial charge in [0, 0.05) is 19.5 Å². The van der Waals surface area contributed by atoms with E-state index in [0.717, 1.165) is 24.8 Å². The van der Waals surface area contributed by atoms with Crippen LogP contribution in [0.5, 0.6) is 0 Å². The van der Waals surface area contributed by atoms with Gasteiger partial charge >= 0.3 is 5.97 Å². The van der Waals surface area contributed by atoms with E-state index in [1.807, 2.05) is 0 Å². The maximum Gasteiger partial charge on any atom is 0.326 e. The van der Waals surface area contributed by atoms with E-state index in [9.17, 15) is 18.8 Å². The molecule has 0 aromatic heterocycles. The molecule has 1 atom stereocenters. The lowest BCUT2D eigenvalue weighted by Crippen LogP contribution is -2.40. The summed E-state index contributed by atoms with van der Waals surface area (Å²) in [6.07, 6.45) is 3.76. The molecule has 28 heavy (non-hydrogen) atoms. The van der Waals surface area contributed by atoms with Gasteiger partial charge in [0.1, 0.15) is 18.5 Å². The van der Waals surface area contributed by atoms with Crippen LogP contribution in [0, 0.1) is 5.82 Å². The zero-order valence-electron chi connectivity index (χ0n) is 15.9. The first-order valence-electron chi connectivity index (χ1n) is 9.58. The number of benzene rings is 1. The molecule has 1 fully saturated rings. The highest BCUT2D eigenvalue weighted by molar-refractivity contribution is 5.84. The van der Waals surface area contributed by atoms with Crippen LogP contribution in [0.2, 0.25) is 0 Å². The number of carbonyl (C=O) groups excluding carboxylic acids is 2. The number of carboxylic acids is 1. The number of hydrogen-bond acceptors (Lipinski definition) is 4. The van der Waals surface area contributed by atoms with E-state index < -0.39 is 12.0 Å². The van der Waals surface area contributed by atoms with Crippen molar-refractivity contribution >= 4 is 17.8 Å². The van der Waals surface area contributed by atoms with Gasteiger partial charge in [0.25, 0.3) is 0 Å². The molecule has 2 rings (SSSR count). The Morgan fingerprint density at radius 3 is 2.64 bits per heavy atom. The maximum absolute atomic E-state index is 12.8. The molecule has 0 bridgehead atoms. The van der Waals surface area contributed by atoms with Crippen molar-refractivity contribution in [3.8, 4) is 0 Å². The van der Waals surface area contributed by atoms with Crippen molar-refractivity contribution in [1.29, 1.82) is 0 Å². The Hall–Kier alpha value is -2.48. The predicted octanol–water partition coefficient (Wildman–Crippen LogP) is 2.09. The fraction of sp³-hybridized carbons (Fsp3) is 0.550. The number of halogens is 1. The number of unbranched alkanes of at least 4 members (excludes halogenated alkanes) is 2. The fourth-order valence-electron chi connectivity index (χ4n) is 3.16. The molecule has 154 valence electrons. The number of amides is 2. The van der Waals surface area contributed by atoms with Crippen LogP contribution >= 0.6 is 0 Å². The Bertz CT molecular complexity index is 665. The summed E-state index contributed by atoms with van der Waals surface area (Å²) in [6.45, 7) is 1.18. The zero-order valence-corrected chi connectivity index (χ0v) is 15.9. The first kappa shape index (κ1) is 21.8. The number of nitrogens with zero attached hydrogens (tertiary/aromatic N) is 1. The second kappa shape index (κ2) is 11.4. The second-order valence-corrected chi connectivity index (χ2v) is 6.86. The molecule has 0 aliphatic carbocycles. The molecule has 1 heterocycles. The lowest BCUT2D eigenvalue weighted by atomic mass is 10.1. The van der Waals surface area contributed by atoms with Gasteiger partial charge < -0.3 is 20.1 Å². The summed E-state index contributed by atoms with van der Waals surface area (Å²) in [5, 5.41) is 11.9. The van der Waals surface area contributed by atoms with Crippen LogP contribution in [-0.2, 0) is 25.7 Å². The molecule has 1 saturated heterocycles. The minimum atomic E-state index is -0.935. The van der Waals surface area contributed by atoms with Gasteiger partial charge in [0.05, 0.1) is 6.61 Å². The van der Waals surface area contributed by atoms with Crippen molar-refractivity contribution in [3.05, 3.63) is 35.6 Å². The summed E-state index contributed by atoms with van der Waals surface area (Å²) in [4.78, 5) is 36.4. The number of carbonyl (C=O) groups is 3. The lowest BCUT2D eigenvalue weighted by Gasteiger charge is -2.21. The standard InChI is InChI=1S/C20H27FN2O5/c21-16-9-7-15(8-10-16)13-28-14-18(24)22-11-3-1-2-6-19(25)23-12-4-5-17(23)20(26)27/h7-10,17H,1-6,11-14H2,(H,22,24)(H,26,27)/t17-/m0/s1. The van der Waals surface area contributed by atoms with Crippen LogP contribution in [0.15, 0.2) is 24.3 Å². The predicted molar refractivity (Wildman–Crippen MR) is 99.9 cm³/mol. The molecule has 0 saturated carbocycles. The third-order valence-corrected chi connectivity index (χ3v) is 4.66. The van der Waals surface area contributed by atoms with Gasteiger partial charge in [-0.25, -0.2) is 9.18 Å². The van der Waals surface area contributed by atoms with Gasteiger partial charge in [0.15, 0.2) is 0 Å². The van der Waals surface area contributed by atoms with Gasteiger partial charge in [-0.3, -0.25) is 9.59 Å². The van der Waals surface area contributed by atoms with E-state index in [1.54, 1.807) is 12.1 Å². The zero-order chi connectivity index (χ0) is 20.4. The van der Waals surface area contributed by atoms with E-state index in [4.69, 9.17) is 9.84 Å². The monoisotopic (exact) mass is 394 g/mol. The van der Waals surface area contributed by atoms with Crippen LogP contribution in [0.1, 0.15) is 44.1 Å². The van der Waals surface area contributed by atoms with Crippen LogP contribution in [0.25, 0.3) is 0 Å². The third kappa shape index (κ3) is 7.26. The first-order chi connectivity index (χ1) is 13.5. The molecule has 7 nitrogen and oxygen atoms in total. The van der Waals surface area contributed by atoms with E-state index in [-0.39, 0.29) is 30.8 Å². The van der Waals surface area contributed by atoms with Crippen molar-refractivity contribution in [3.63, 3.8) is 0 Å². The fourth-order valence-corrected chi connectivity index (χ4v) is 3.16. The number of carboxylic acid groups (broad SMARTS) is 1. The Morgan fingerprint density at radius 1 is 1.18 bits per heavy atom. The topological polar surface area (TPSA) is 95.9 Å². The molecule has 1 aliphatic rings. The molecule has 2 amide bonds. The maximum atomic E-state index is 12.8. The first-order valence-corrected chi connectivity index (χ1v) is 9.58. The SMILES string of the molecule is O=C(COCc1ccc(F)cc1)NCCCCCC(=O)N1CCC[C@H]1C(=O)O. The number of rotatable bonds is 11. The smallest absolute Gasteiger partial charge is 0.326 e. The molecule has 0 spiro atoms. The highest BCUT2D eigenvalue weighted by Crippen LogP contribution is 2.19. The minimum Gasteiger partial charge on any atom is -0.480 e. The number of hydrogen-bond donors (Lipinski definition) is 2. The molecule has 2 N–H and O–H groups in total. The van der Waals surface area contributed by atoms with E-state index >= 15 is 0 Å². The molecule has 1 aliphatic heterocycles. The van der Waals surface area contributed by atoms with Gasteiger partial charge in [-0.15, -0.1) is 0 Å². The highest BCUT2D eigenvalue weighted by Gasteiger charge is 2.33. The van der Waals surface area contributed by atoms with E-state index in [0.29, 0.717) is 32.4 Å². The summed E-state index contributed by atoms with van der Waals surface area (Å²) in [7, 11) is 0. The Balaban J connectivity index is 1.49. The van der Waals surface area contributed by atoms with Crippen molar-refractivity contribution < 1.29 is 28.6 Å². The van der Waals surface area contributed by atoms with Gasteiger partial charge in [-0.1, -0.05) is 18.6 Å². The molecular formula is C20H27FN2O5. The van der Waals surface area contributed by atoms with Crippen LogP contribution < -0.4 is 5.32 Å². The van der Waals surface area contributed by atoms with Crippen molar-refractivity contribution in [2.45, 2.75) is 51.2 Å². The van der Waals surface area contributed by atoms with E-state index in [2.05, 4.69) is 5.32 Å². The molecule has 0 radical (unpaired) electrons. The molecular weight excluding hydrogens is 367 g/mol. The van der Waals surface area contributed by atoms with Crippen LogP contribution in [0.3, 0.4) is 0 Å². The highest BCUT2D eigenvalue weighted by atomic mass is 19.1. The summed E-state index contributed by atoms with van der Waals surface area (Å²) in [5.74, 6) is -1.58. The summed E-state index contributed by atoms with van der Waals surface area (Å²) < 4.78 is 18.1. The number of likely N-dealkylation sites (tertiary alicyclic amines) is 1. The minimum absolute atomic E-state index is 0.0681. The Labute approximate surface area is 163 Å². The van der Waals surface area contributed by atoms with Crippen LogP contribution in [-0.4, -0.2) is 53.5 Å². The third-order valence-electron chi connectivity index (χ3n) is 4.66. The van der Waals surface area contributed by atoms with Crippen LogP contribution in [0.4, 0.5) is 4.39 Å². The average Bonchev–Trinajstić information content (AvgIpc) is 3.16. The molecule has 1 aromatic carbocycles. The van der Waals surface area contributed by atoms with Crippen molar-refractivity contribution in [2.75, 3.05) is 19.7 Å². The number of ether oxygens (including phenoxy) is 1. The largest absolute Gasteiger partial charge is 0.480 e. The van der Waals surface area contributed by atoms with Crippen molar-refractivity contribution in [1.82, 2.24) is 10.2 Å². The van der Waals surface area contributed by atoms with Gasteiger partial charge in [-0.2, -0.15) is 0 Å². The molecule has 1 aromatic rings. The summed E-state index contributed by atoms with van der Waals surface area (Å²) >= 11 is 0. The second-order valence-electron chi connectivity index (χ2n) is 6.86. The molecule has 8 heteroatoms. The normalized spacial score (nSPS) is 16.2. The number of aliphatic carboxylic acids is 1. The quantitative estimate of drug-likeness (QED) is 0.561.